The molecule has 3 rings (SSSR count). The number of carbonyl (C=O) groups is 1. The highest BCUT2D eigenvalue weighted by Gasteiger charge is 2.29. The number of thiocarbonyl (C=S) groups is 1. The van der Waals surface area contributed by atoms with Gasteiger partial charge in [-0.2, -0.15) is 4.31 Å². The van der Waals surface area contributed by atoms with Crippen molar-refractivity contribution in [1.29, 1.82) is 0 Å². The number of benzene rings is 1. The fraction of sp³-hybridized carbons (Fsp3) is 0.556. The Morgan fingerprint density at radius 2 is 1.89 bits per heavy atom. The predicted molar refractivity (Wildman–Crippen MR) is 106 cm³/mol. The third-order valence-electron chi connectivity index (χ3n) is 4.93. The first-order chi connectivity index (χ1) is 12.9. The molecular formula is C18H25N3O4S2. The van der Waals surface area contributed by atoms with Crippen LogP contribution in [-0.2, 0) is 14.8 Å². The summed E-state index contributed by atoms with van der Waals surface area (Å²) in [7, 11) is -3.57. The van der Waals surface area contributed by atoms with E-state index < -0.39 is 10.0 Å². The van der Waals surface area contributed by atoms with E-state index in [1.807, 2.05) is 4.90 Å². The lowest BCUT2D eigenvalue weighted by Gasteiger charge is -2.35. The van der Waals surface area contributed by atoms with Crippen LogP contribution in [0.3, 0.4) is 0 Å². The van der Waals surface area contributed by atoms with Gasteiger partial charge in [-0.05, 0) is 44.1 Å². The van der Waals surface area contributed by atoms with E-state index in [0.717, 1.165) is 19.4 Å². The molecule has 2 aliphatic heterocycles. The van der Waals surface area contributed by atoms with Crippen LogP contribution < -0.4 is 5.32 Å². The van der Waals surface area contributed by atoms with Gasteiger partial charge in [-0.3, -0.25) is 4.79 Å². The summed E-state index contributed by atoms with van der Waals surface area (Å²) in [5.74, 6) is -0.0865. The van der Waals surface area contributed by atoms with Gasteiger partial charge in [-0.1, -0.05) is 12.1 Å². The molecule has 0 radical (unpaired) electrons. The number of hydrogen-bond acceptors (Lipinski definition) is 5. The summed E-state index contributed by atoms with van der Waals surface area (Å²) in [6.45, 7) is 4.79. The molecule has 1 aromatic rings. The van der Waals surface area contributed by atoms with E-state index in [0.29, 0.717) is 43.4 Å². The third kappa shape index (κ3) is 4.84. The highest BCUT2D eigenvalue weighted by molar-refractivity contribution is 7.89. The van der Waals surface area contributed by atoms with E-state index in [1.54, 1.807) is 12.1 Å². The molecule has 0 aliphatic carbocycles. The minimum Gasteiger partial charge on any atom is -0.376 e. The van der Waals surface area contributed by atoms with Crippen LogP contribution in [0.2, 0.25) is 0 Å². The van der Waals surface area contributed by atoms with Gasteiger partial charge in [-0.25, -0.2) is 8.42 Å². The molecule has 27 heavy (non-hydrogen) atoms. The lowest BCUT2D eigenvalue weighted by molar-refractivity contribution is 0.101. The maximum absolute atomic E-state index is 12.8. The third-order valence-corrected chi connectivity index (χ3v) is 7.24. The largest absolute Gasteiger partial charge is 0.376 e. The Morgan fingerprint density at radius 1 is 1.22 bits per heavy atom. The number of ether oxygens (including phenoxy) is 1. The normalized spacial score (nSPS) is 21.2. The van der Waals surface area contributed by atoms with Crippen molar-refractivity contribution >= 4 is 33.1 Å². The predicted octanol–water partition coefficient (Wildman–Crippen LogP) is 1.25. The van der Waals surface area contributed by atoms with Gasteiger partial charge in [0, 0.05) is 44.9 Å². The monoisotopic (exact) mass is 411 g/mol. The Labute approximate surface area is 165 Å². The zero-order valence-electron chi connectivity index (χ0n) is 15.4. The van der Waals surface area contributed by atoms with Gasteiger partial charge >= 0.3 is 0 Å². The maximum Gasteiger partial charge on any atom is 0.243 e. The zero-order chi connectivity index (χ0) is 19.4. The number of nitrogens with one attached hydrogen (secondary N) is 1. The molecule has 2 heterocycles. The molecule has 9 heteroatoms. The van der Waals surface area contributed by atoms with Crippen LogP contribution in [0.25, 0.3) is 0 Å². The van der Waals surface area contributed by atoms with E-state index in [4.69, 9.17) is 17.0 Å². The Hall–Kier alpha value is -1.55. The quantitative estimate of drug-likeness (QED) is 0.577. The summed E-state index contributed by atoms with van der Waals surface area (Å²) in [6.07, 6.45) is 2.34. The van der Waals surface area contributed by atoms with Crippen LogP contribution in [-0.4, -0.2) is 74.0 Å². The van der Waals surface area contributed by atoms with Gasteiger partial charge in [0.2, 0.25) is 10.0 Å². The smallest absolute Gasteiger partial charge is 0.243 e. The summed E-state index contributed by atoms with van der Waals surface area (Å²) >= 11 is 5.43. The van der Waals surface area contributed by atoms with Crippen molar-refractivity contribution < 1.29 is 17.9 Å². The van der Waals surface area contributed by atoms with Gasteiger partial charge in [-0.15, -0.1) is 0 Å². The average molecular weight is 412 g/mol. The lowest BCUT2D eigenvalue weighted by Crippen LogP contribution is -2.53. The SMILES string of the molecule is CC(=O)c1ccc(S(=O)(=O)N2CCN(C(=S)NC[C@H]3CCCO3)CC2)cc1. The standard InChI is InChI=1S/C18H25N3O4S2/c1-14(22)15-4-6-17(7-5-15)27(23,24)21-10-8-20(9-11-21)18(26)19-13-16-3-2-12-25-16/h4-7,16H,2-3,8-13H2,1H3,(H,19,26)/t16-/m1/s1. The van der Waals surface area contributed by atoms with Crippen LogP contribution in [0.15, 0.2) is 29.2 Å². The molecule has 2 fully saturated rings. The fourth-order valence-corrected chi connectivity index (χ4v) is 4.95. The zero-order valence-corrected chi connectivity index (χ0v) is 17.0. The molecule has 1 N–H and O–H groups in total. The van der Waals surface area contributed by atoms with Crippen LogP contribution in [0.5, 0.6) is 0 Å². The van der Waals surface area contributed by atoms with Gasteiger partial charge in [0.1, 0.15) is 0 Å². The molecule has 1 aromatic carbocycles. The van der Waals surface area contributed by atoms with Crippen LogP contribution >= 0.6 is 12.2 Å². The van der Waals surface area contributed by atoms with E-state index >= 15 is 0 Å². The molecule has 0 amide bonds. The maximum atomic E-state index is 12.8. The first kappa shape index (κ1) is 20.2. The number of carbonyl (C=O) groups excluding carboxylic acids is 1. The summed E-state index contributed by atoms with van der Waals surface area (Å²) in [5.41, 5.74) is 0.501. The number of sulfonamides is 1. The molecule has 7 nitrogen and oxygen atoms in total. The molecular weight excluding hydrogens is 386 g/mol. The summed E-state index contributed by atoms with van der Waals surface area (Å²) in [4.78, 5) is 13.6. The average Bonchev–Trinajstić information content (AvgIpc) is 3.20. The van der Waals surface area contributed by atoms with Gasteiger partial charge in [0.15, 0.2) is 10.9 Å². The second-order valence-electron chi connectivity index (χ2n) is 6.79. The molecule has 0 bridgehead atoms. The molecule has 0 spiro atoms. The summed E-state index contributed by atoms with van der Waals surface area (Å²) in [5, 5.41) is 3.88. The molecule has 0 saturated carbocycles. The highest BCUT2D eigenvalue weighted by atomic mass is 32.2. The van der Waals surface area contributed by atoms with E-state index in [9.17, 15) is 13.2 Å². The topological polar surface area (TPSA) is 79.0 Å². The summed E-state index contributed by atoms with van der Waals surface area (Å²) in [6, 6.07) is 6.09. The number of rotatable bonds is 5. The second kappa shape index (κ2) is 8.64. The number of hydrogen-bond donors (Lipinski definition) is 1. The number of Topliss-reactive ketones (excluding diaryl/α,β-unsaturated/α-hetero) is 1. The number of nitrogens with zero attached hydrogens (tertiary/aromatic N) is 2. The van der Waals surface area contributed by atoms with Crippen LogP contribution in [0, 0.1) is 0 Å². The molecule has 2 aliphatic rings. The van der Waals surface area contributed by atoms with Crippen molar-refractivity contribution in [3.63, 3.8) is 0 Å². The first-order valence-corrected chi connectivity index (χ1v) is 11.0. The van der Waals surface area contributed by atoms with Crippen molar-refractivity contribution in [2.45, 2.75) is 30.8 Å². The van der Waals surface area contributed by atoms with Crippen LogP contribution in [0.4, 0.5) is 0 Å². The second-order valence-corrected chi connectivity index (χ2v) is 9.12. The molecule has 2 saturated heterocycles. The Balaban J connectivity index is 1.54. The van der Waals surface area contributed by atoms with Gasteiger partial charge < -0.3 is 15.0 Å². The minimum absolute atomic E-state index is 0.0865. The molecule has 0 unspecified atom stereocenters. The van der Waals surface area contributed by atoms with E-state index in [2.05, 4.69) is 5.32 Å². The highest BCUT2D eigenvalue weighted by Crippen LogP contribution is 2.19. The van der Waals surface area contributed by atoms with Crippen molar-refractivity contribution in [3.8, 4) is 0 Å². The van der Waals surface area contributed by atoms with Crippen LogP contribution in [0.1, 0.15) is 30.1 Å². The lowest BCUT2D eigenvalue weighted by atomic mass is 10.2. The van der Waals surface area contributed by atoms with Gasteiger partial charge in [0.25, 0.3) is 0 Å². The van der Waals surface area contributed by atoms with Gasteiger partial charge in [0.05, 0.1) is 11.0 Å². The van der Waals surface area contributed by atoms with Crippen molar-refractivity contribution in [2.75, 3.05) is 39.3 Å². The first-order valence-electron chi connectivity index (χ1n) is 9.13. The number of ketones is 1. The van der Waals surface area contributed by atoms with E-state index in [-0.39, 0.29) is 16.8 Å². The van der Waals surface area contributed by atoms with Crippen molar-refractivity contribution in [3.05, 3.63) is 29.8 Å². The minimum atomic E-state index is -3.57. The van der Waals surface area contributed by atoms with Crippen molar-refractivity contribution in [2.24, 2.45) is 0 Å². The molecule has 0 aromatic heterocycles. The van der Waals surface area contributed by atoms with Crippen molar-refractivity contribution in [1.82, 2.24) is 14.5 Å². The van der Waals surface area contributed by atoms with E-state index in [1.165, 1.54) is 23.4 Å². The summed E-state index contributed by atoms with van der Waals surface area (Å²) < 4.78 is 32.6. The Morgan fingerprint density at radius 3 is 2.44 bits per heavy atom. The Kier molecular flexibility index (Phi) is 6.46. The number of piperazine rings is 1. The molecule has 148 valence electrons. The fourth-order valence-electron chi connectivity index (χ4n) is 3.26. The molecule has 1 atom stereocenters. The Bertz CT molecular complexity index is 781.